The number of hydrogen-bond acceptors (Lipinski definition) is 2. The van der Waals surface area contributed by atoms with Gasteiger partial charge in [0.25, 0.3) is 0 Å². The Morgan fingerprint density at radius 2 is 1.90 bits per heavy atom. The van der Waals surface area contributed by atoms with Crippen molar-refractivity contribution in [1.82, 2.24) is 4.72 Å². The Morgan fingerprint density at radius 1 is 1.25 bits per heavy atom. The highest BCUT2D eigenvalue weighted by molar-refractivity contribution is 9.09. The standard InChI is InChI=1S/C15H22BrNO2S/c1-12-5-6-13(2)14(9-12)20(18,19)17-11-15(10-16)7-3-4-8-15/h5-6,9,17H,3-4,7-8,10-11H2,1-2H3. The van der Waals surface area contributed by atoms with Crippen LogP contribution in [-0.2, 0) is 10.0 Å². The molecule has 0 atom stereocenters. The molecule has 1 N–H and O–H groups in total. The molecule has 112 valence electrons. The van der Waals surface area contributed by atoms with Crippen LogP contribution in [0.4, 0.5) is 0 Å². The summed E-state index contributed by atoms with van der Waals surface area (Å²) >= 11 is 3.55. The van der Waals surface area contributed by atoms with E-state index in [1.807, 2.05) is 26.0 Å². The number of hydrogen-bond donors (Lipinski definition) is 1. The van der Waals surface area contributed by atoms with Crippen molar-refractivity contribution in [2.75, 3.05) is 11.9 Å². The molecular weight excluding hydrogens is 338 g/mol. The van der Waals surface area contributed by atoms with Crippen LogP contribution in [0, 0.1) is 19.3 Å². The van der Waals surface area contributed by atoms with E-state index in [1.54, 1.807) is 6.07 Å². The van der Waals surface area contributed by atoms with Crippen molar-refractivity contribution in [3.63, 3.8) is 0 Å². The van der Waals surface area contributed by atoms with Crippen molar-refractivity contribution in [1.29, 1.82) is 0 Å². The van der Waals surface area contributed by atoms with Crippen LogP contribution in [0.2, 0.25) is 0 Å². The molecule has 1 aromatic rings. The number of aryl methyl sites for hydroxylation is 2. The number of alkyl halides is 1. The zero-order chi connectivity index (χ0) is 14.8. The van der Waals surface area contributed by atoms with Gasteiger partial charge in [0.05, 0.1) is 4.90 Å². The number of sulfonamides is 1. The molecule has 3 nitrogen and oxygen atoms in total. The van der Waals surface area contributed by atoms with Crippen LogP contribution < -0.4 is 4.72 Å². The van der Waals surface area contributed by atoms with Gasteiger partial charge < -0.3 is 0 Å². The predicted molar refractivity (Wildman–Crippen MR) is 85.8 cm³/mol. The molecule has 0 spiro atoms. The van der Waals surface area contributed by atoms with E-state index in [4.69, 9.17) is 0 Å². The second-order valence-electron chi connectivity index (χ2n) is 5.93. The summed E-state index contributed by atoms with van der Waals surface area (Å²) in [4.78, 5) is 0.403. The molecule has 0 aromatic heterocycles. The van der Waals surface area contributed by atoms with E-state index < -0.39 is 10.0 Å². The lowest BCUT2D eigenvalue weighted by Gasteiger charge is -2.26. The van der Waals surface area contributed by atoms with Crippen molar-refractivity contribution < 1.29 is 8.42 Å². The summed E-state index contributed by atoms with van der Waals surface area (Å²) in [6.07, 6.45) is 4.56. The summed E-state index contributed by atoms with van der Waals surface area (Å²) in [6, 6.07) is 5.54. The van der Waals surface area contributed by atoms with Gasteiger partial charge in [-0.2, -0.15) is 0 Å². The van der Waals surface area contributed by atoms with Gasteiger partial charge in [-0.1, -0.05) is 40.9 Å². The average Bonchev–Trinajstić information content (AvgIpc) is 2.89. The molecule has 0 bridgehead atoms. The molecule has 20 heavy (non-hydrogen) atoms. The van der Waals surface area contributed by atoms with E-state index in [-0.39, 0.29) is 5.41 Å². The van der Waals surface area contributed by atoms with Gasteiger partial charge in [0.1, 0.15) is 0 Å². The molecule has 0 radical (unpaired) electrons. The van der Waals surface area contributed by atoms with Gasteiger partial charge in [0.2, 0.25) is 10.0 Å². The first-order valence-electron chi connectivity index (χ1n) is 7.01. The molecule has 1 aliphatic carbocycles. The predicted octanol–water partition coefficient (Wildman–Crippen LogP) is 3.54. The minimum Gasteiger partial charge on any atom is -0.211 e. The van der Waals surface area contributed by atoms with Crippen LogP contribution in [-0.4, -0.2) is 20.3 Å². The maximum Gasteiger partial charge on any atom is 0.240 e. The Kier molecular flexibility index (Phi) is 4.92. The van der Waals surface area contributed by atoms with Gasteiger partial charge in [0.15, 0.2) is 0 Å². The highest BCUT2D eigenvalue weighted by atomic mass is 79.9. The van der Waals surface area contributed by atoms with Crippen molar-refractivity contribution >= 4 is 26.0 Å². The summed E-state index contributed by atoms with van der Waals surface area (Å²) in [7, 11) is -3.42. The van der Waals surface area contributed by atoms with Gasteiger partial charge in [-0.15, -0.1) is 0 Å². The lowest BCUT2D eigenvalue weighted by Crippen LogP contribution is -2.37. The Morgan fingerprint density at radius 3 is 2.50 bits per heavy atom. The molecule has 5 heteroatoms. The van der Waals surface area contributed by atoms with Gasteiger partial charge in [-0.25, -0.2) is 13.1 Å². The minimum atomic E-state index is -3.42. The van der Waals surface area contributed by atoms with E-state index in [0.717, 1.165) is 29.3 Å². The number of benzene rings is 1. The van der Waals surface area contributed by atoms with Gasteiger partial charge >= 0.3 is 0 Å². The first kappa shape index (κ1) is 16.0. The fourth-order valence-electron chi connectivity index (χ4n) is 2.81. The fourth-order valence-corrected chi connectivity index (χ4v) is 5.05. The van der Waals surface area contributed by atoms with Crippen LogP contribution in [0.5, 0.6) is 0 Å². The van der Waals surface area contributed by atoms with Gasteiger partial charge in [-0.05, 0) is 49.3 Å². The normalized spacial score (nSPS) is 18.4. The summed E-state index contributed by atoms with van der Waals surface area (Å²) in [5.41, 5.74) is 1.85. The van der Waals surface area contributed by atoms with Gasteiger partial charge in [-0.3, -0.25) is 0 Å². The second-order valence-corrected chi connectivity index (χ2v) is 8.23. The quantitative estimate of drug-likeness (QED) is 0.817. The molecule has 1 aromatic carbocycles. The molecular formula is C15H22BrNO2S. The first-order valence-corrected chi connectivity index (χ1v) is 9.62. The smallest absolute Gasteiger partial charge is 0.211 e. The molecule has 2 rings (SSSR count). The lowest BCUT2D eigenvalue weighted by molar-refractivity contribution is 0.347. The average molecular weight is 360 g/mol. The van der Waals surface area contributed by atoms with Crippen molar-refractivity contribution in [2.45, 2.75) is 44.4 Å². The van der Waals surface area contributed by atoms with E-state index in [0.29, 0.717) is 11.4 Å². The maximum absolute atomic E-state index is 12.5. The summed E-state index contributed by atoms with van der Waals surface area (Å²) < 4.78 is 27.8. The highest BCUT2D eigenvalue weighted by Crippen LogP contribution is 2.39. The number of rotatable bonds is 5. The van der Waals surface area contributed by atoms with Gasteiger partial charge in [0, 0.05) is 11.9 Å². The molecule has 0 unspecified atom stereocenters. The Bertz CT molecular complexity index is 578. The largest absolute Gasteiger partial charge is 0.240 e. The molecule has 1 aliphatic rings. The zero-order valence-corrected chi connectivity index (χ0v) is 14.5. The first-order chi connectivity index (χ1) is 9.38. The van der Waals surface area contributed by atoms with Crippen LogP contribution >= 0.6 is 15.9 Å². The van der Waals surface area contributed by atoms with Crippen molar-refractivity contribution in [3.8, 4) is 0 Å². The van der Waals surface area contributed by atoms with Crippen LogP contribution in [0.25, 0.3) is 0 Å². The third-order valence-corrected chi connectivity index (χ3v) is 6.95. The lowest BCUT2D eigenvalue weighted by atomic mass is 9.89. The second kappa shape index (κ2) is 6.16. The zero-order valence-electron chi connectivity index (χ0n) is 12.1. The molecule has 0 amide bonds. The van der Waals surface area contributed by atoms with Crippen molar-refractivity contribution in [3.05, 3.63) is 29.3 Å². The SMILES string of the molecule is Cc1ccc(C)c(S(=O)(=O)NCC2(CBr)CCCC2)c1. The van der Waals surface area contributed by atoms with Crippen LogP contribution in [0.3, 0.4) is 0 Å². The summed E-state index contributed by atoms with van der Waals surface area (Å²) in [6.45, 7) is 4.27. The van der Waals surface area contributed by atoms with E-state index in [2.05, 4.69) is 20.7 Å². The molecule has 0 heterocycles. The van der Waals surface area contributed by atoms with E-state index in [9.17, 15) is 8.42 Å². The topological polar surface area (TPSA) is 46.2 Å². The van der Waals surface area contributed by atoms with E-state index >= 15 is 0 Å². The highest BCUT2D eigenvalue weighted by Gasteiger charge is 2.34. The minimum absolute atomic E-state index is 0.0881. The van der Waals surface area contributed by atoms with Crippen LogP contribution in [0.1, 0.15) is 36.8 Å². The molecule has 0 aliphatic heterocycles. The third-order valence-electron chi connectivity index (χ3n) is 4.22. The third kappa shape index (κ3) is 3.43. The van der Waals surface area contributed by atoms with Crippen LogP contribution in [0.15, 0.2) is 23.1 Å². The van der Waals surface area contributed by atoms with Crippen molar-refractivity contribution in [2.24, 2.45) is 5.41 Å². The number of nitrogens with one attached hydrogen (secondary N) is 1. The maximum atomic E-state index is 12.5. The Hall–Kier alpha value is -0.390. The fraction of sp³-hybridized carbons (Fsp3) is 0.600. The number of halogens is 1. The molecule has 0 saturated heterocycles. The Balaban J connectivity index is 2.17. The molecule has 1 saturated carbocycles. The Labute approximate surface area is 130 Å². The molecule has 1 fully saturated rings. The monoisotopic (exact) mass is 359 g/mol. The van der Waals surface area contributed by atoms with E-state index in [1.165, 1.54) is 12.8 Å². The summed E-state index contributed by atoms with van der Waals surface area (Å²) in [5, 5.41) is 0.856. The summed E-state index contributed by atoms with van der Waals surface area (Å²) in [5.74, 6) is 0.